The number of methoxy groups -OCH3 is 1. The number of aromatic nitrogens is 2. The van der Waals surface area contributed by atoms with Gasteiger partial charge in [0.15, 0.2) is 10.1 Å². The molecular weight excluding hydrogens is 306 g/mol. The average Bonchev–Trinajstić information content (AvgIpc) is 3.22. The van der Waals surface area contributed by atoms with Gasteiger partial charge in [0.2, 0.25) is 5.13 Å². The molecule has 0 spiro atoms. The van der Waals surface area contributed by atoms with Gasteiger partial charge in [0.05, 0.1) is 12.9 Å². The first-order chi connectivity index (χ1) is 10.2. The molecule has 1 heterocycles. The molecule has 0 amide bonds. The normalized spacial score (nSPS) is 14.0. The molecule has 0 unspecified atom stereocenters. The Bertz CT molecular complexity index is 623. The highest BCUT2D eigenvalue weighted by molar-refractivity contribution is 8.01. The van der Waals surface area contributed by atoms with E-state index in [1.165, 1.54) is 35.9 Å². The molecule has 0 bridgehead atoms. The van der Waals surface area contributed by atoms with Gasteiger partial charge in [-0.15, -0.1) is 10.2 Å². The maximum atomic E-state index is 12.1. The van der Waals surface area contributed by atoms with Gasteiger partial charge < -0.3 is 10.1 Å². The molecule has 1 aliphatic rings. The molecule has 1 fully saturated rings. The zero-order valence-corrected chi connectivity index (χ0v) is 13.2. The zero-order chi connectivity index (χ0) is 14.7. The molecule has 5 nitrogen and oxygen atoms in total. The predicted molar refractivity (Wildman–Crippen MR) is 84.6 cm³/mol. The Morgan fingerprint density at radius 1 is 1.38 bits per heavy atom. The lowest BCUT2D eigenvalue weighted by Crippen LogP contribution is -2.02. The number of thioether (sulfide) groups is 1. The largest absolute Gasteiger partial charge is 0.497 e. The lowest BCUT2D eigenvalue weighted by Gasteiger charge is -2.01. The molecule has 0 radical (unpaired) electrons. The van der Waals surface area contributed by atoms with Crippen LogP contribution in [0, 0.1) is 0 Å². The van der Waals surface area contributed by atoms with Gasteiger partial charge in [-0.3, -0.25) is 4.79 Å². The molecule has 0 saturated heterocycles. The number of Topliss-reactive ketones (excluding diaryl/α,β-unsaturated/α-hetero) is 1. The van der Waals surface area contributed by atoms with Crippen LogP contribution in [0.5, 0.6) is 5.75 Å². The first-order valence-electron chi connectivity index (χ1n) is 6.64. The summed E-state index contributed by atoms with van der Waals surface area (Å²) in [4.78, 5) is 12.1. The maximum absolute atomic E-state index is 12.1. The molecular formula is C14H15N3O2S2. The Labute approximate surface area is 131 Å². The first kappa shape index (κ1) is 14.3. The lowest BCUT2D eigenvalue weighted by molar-refractivity contribution is 0.102. The molecule has 1 aromatic carbocycles. The van der Waals surface area contributed by atoms with Crippen molar-refractivity contribution in [1.82, 2.24) is 10.2 Å². The van der Waals surface area contributed by atoms with E-state index in [9.17, 15) is 4.79 Å². The van der Waals surface area contributed by atoms with Gasteiger partial charge >= 0.3 is 0 Å². The Morgan fingerprint density at radius 2 is 2.14 bits per heavy atom. The third-order valence-electron chi connectivity index (χ3n) is 3.05. The van der Waals surface area contributed by atoms with Crippen LogP contribution in [0.15, 0.2) is 28.6 Å². The van der Waals surface area contributed by atoms with Crippen molar-refractivity contribution in [2.45, 2.75) is 23.2 Å². The van der Waals surface area contributed by atoms with E-state index in [4.69, 9.17) is 4.74 Å². The third kappa shape index (κ3) is 3.95. The molecule has 21 heavy (non-hydrogen) atoms. The summed E-state index contributed by atoms with van der Waals surface area (Å²) in [5.41, 5.74) is 0.684. The molecule has 0 aliphatic heterocycles. The van der Waals surface area contributed by atoms with Crippen molar-refractivity contribution in [3.63, 3.8) is 0 Å². The quantitative estimate of drug-likeness (QED) is 0.624. The van der Waals surface area contributed by atoms with E-state index in [-0.39, 0.29) is 5.78 Å². The van der Waals surface area contributed by atoms with Crippen LogP contribution in [0.4, 0.5) is 5.13 Å². The molecule has 1 aliphatic carbocycles. The smallest absolute Gasteiger partial charge is 0.206 e. The zero-order valence-electron chi connectivity index (χ0n) is 11.5. The number of nitrogens with one attached hydrogen (secondary N) is 1. The van der Waals surface area contributed by atoms with Crippen molar-refractivity contribution < 1.29 is 9.53 Å². The standard InChI is InChI=1S/C14H15N3O2S2/c1-19-11-6-2-9(3-7-11)12(18)8-20-14-17-16-13(21-14)15-10-4-5-10/h2-3,6-7,10H,4-5,8H2,1H3,(H,15,16). The van der Waals surface area contributed by atoms with Crippen molar-refractivity contribution in [1.29, 1.82) is 0 Å². The molecule has 3 rings (SSSR count). The summed E-state index contributed by atoms with van der Waals surface area (Å²) in [6.45, 7) is 0. The Balaban J connectivity index is 1.53. The average molecular weight is 321 g/mol. The SMILES string of the molecule is COc1ccc(C(=O)CSc2nnc(NC3CC3)s2)cc1. The summed E-state index contributed by atoms with van der Waals surface area (Å²) in [7, 11) is 1.61. The number of carbonyl (C=O) groups is 1. The van der Waals surface area contributed by atoms with E-state index < -0.39 is 0 Å². The molecule has 110 valence electrons. The number of ether oxygens (including phenoxy) is 1. The van der Waals surface area contributed by atoms with Crippen LogP contribution >= 0.6 is 23.1 Å². The fourth-order valence-electron chi connectivity index (χ4n) is 1.72. The maximum Gasteiger partial charge on any atom is 0.206 e. The van der Waals surface area contributed by atoms with E-state index in [0.717, 1.165) is 15.2 Å². The highest BCUT2D eigenvalue weighted by Gasteiger charge is 2.22. The van der Waals surface area contributed by atoms with Gasteiger partial charge in [-0.2, -0.15) is 0 Å². The van der Waals surface area contributed by atoms with E-state index in [1.807, 2.05) is 0 Å². The van der Waals surface area contributed by atoms with Gasteiger partial charge in [0.1, 0.15) is 5.75 Å². The molecule has 2 aromatic rings. The molecule has 1 aromatic heterocycles. The molecule has 7 heteroatoms. The predicted octanol–water partition coefficient (Wildman–Crippen LogP) is 3.10. The molecule has 1 saturated carbocycles. The Hall–Kier alpha value is -1.60. The van der Waals surface area contributed by atoms with Crippen LogP contribution in [0.1, 0.15) is 23.2 Å². The van der Waals surface area contributed by atoms with Crippen molar-refractivity contribution in [3.05, 3.63) is 29.8 Å². The minimum Gasteiger partial charge on any atom is -0.497 e. The number of ketones is 1. The lowest BCUT2D eigenvalue weighted by atomic mass is 10.1. The number of rotatable bonds is 7. The first-order valence-corrected chi connectivity index (χ1v) is 8.45. The summed E-state index contributed by atoms with van der Waals surface area (Å²) < 4.78 is 5.90. The van der Waals surface area contributed by atoms with Crippen LogP contribution in [-0.2, 0) is 0 Å². The van der Waals surface area contributed by atoms with Gasteiger partial charge in [0, 0.05) is 11.6 Å². The van der Waals surface area contributed by atoms with Crippen LogP contribution in [0.3, 0.4) is 0 Å². The minimum atomic E-state index is 0.0783. The van der Waals surface area contributed by atoms with Crippen LogP contribution in [0.25, 0.3) is 0 Å². The van der Waals surface area contributed by atoms with Crippen molar-refractivity contribution in [2.24, 2.45) is 0 Å². The van der Waals surface area contributed by atoms with E-state index in [0.29, 0.717) is 17.4 Å². The van der Waals surface area contributed by atoms with Crippen LogP contribution < -0.4 is 10.1 Å². The van der Waals surface area contributed by atoms with Gasteiger partial charge in [-0.1, -0.05) is 23.1 Å². The summed E-state index contributed by atoms with van der Waals surface area (Å²) in [5, 5.41) is 12.3. The summed E-state index contributed by atoms with van der Waals surface area (Å²) in [6.07, 6.45) is 2.41. The summed E-state index contributed by atoms with van der Waals surface area (Å²) >= 11 is 2.93. The van der Waals surface area contributed by atoms with E-state index in [1.54, 1.807) is 31.4 Å². The molecule has 0 atom stereocenters. The second-order valence-corrected chi connectivity index (χ2v) is 6.93. The van der Waals surface area contributed by atoms with Crippen molar-refractivity contribution in [2.75, 3.05) is 18.2 Å². The number of hydrogen-bond acceptors (Lipinski definition) is 7. The fraction of sp³-hybridized carbons (Fsp3) is 0.357. The van der Waals surface area contributed by atoms with Crippen molar-refractivity contribution >= 4 is 34.0 Å². The number of nitrogens with zero attached hydrogens (tertiary/aromatic N) is 2. The highest BCUT2D eigenvalue weighted by atomic mass is 32.2. The van der Waals surface area contributed by atoms with Crippen molar-refractivity contribution in [3.8, 4) is 5.75 Å². The van der Waals surface area contributed by atoms with E-state index >= 15 is 0 Å². The Morgan fingerprint density at radius 3 is 2.81 bits per heavy atom. The van der Waals surface area contributed by atoms with Gasteiger partial charge in [-0.25, -0.2) is 0 Å². The Kier molecular flexibility index (Phi) is 4.40. The number of anilines is 1. The second-order valence-electron chi connectivity index (χ2n) is 4.73. The summed E-state index contributed by atoms with van der Waals surface area (Å²) in [6, 6.07) is 7.71. The van der Waals surface area contributed by atoms with Gasteiger partial charge in [0.25, 0.3) is 0 Å². The minimum absolute atomic E-state index is 0.0783. The van der Waals surface area contributed by atoms with Crippen LogP contribution in [0.2, 0.25) is 0 Å². The topological polar surface area (TPSA) is 64.1 Å². The fourth-order valence-corrected chi connectivity index (χ4v) is 3.44. The number of carbonyl (C=O) groups excluding carboxylic acids is 1. The number of benzene rings is 1. The monoisotopic (exact) mass is 321 g/mol. The number of hydrogen-bond donors (Lipinski definition) is 1. The second kappa shape index (κ2) is 6.44. The molecule has 1 N–H and O–H groups in total. The summed E-state index contributed by atoms with van der Waals surface area (Å²) in [5.74, 6) is 1.19. The third-order valence-corrected chi connectivity index (χ3v) is 5.04. The highest BCUT2D eigenvalue weighted by Crippen LogP contribution is 2.30. The van der Waals surface area contributed by atoms with E-state index in [2.05, 4.69) is 15.5 Å². The van der Waals surface area contributed by atoms with Gasteiger partial charge in [-0.05, 0) is 37.1 Å². The van der Waals surface area contributed by atoms with Crippen LogP contribution in [-0.4, -0.2) is 34.9 Å².